The minimum absolute atomic E-state index is 0.0318. The van der Waals surface area contributed by atoms with Crippen LogP contribution in [0.5, 0.6) is 0 Å². The molecule has 0 radical (unpaired) electrons. The Labute approximate surface area is 200 Å². The highest BCUT2D eigenvalue weighted by Crippen LogP contribution is 2.20. The highest BCUT2D eigenvalue weighted by Gasteiger charge is 2.39. The molecule has 0 spiro atoms. The maximum absolute atomic E-state index is 13.3. The molecule has 0 unspecified atom stereocenters. The first-order chi connectivity index (χ1) is 16.0. The first kappa shape index (κ1) is 29.3. The van der Waals surface area contributed by atoms with E-state index in [1.165, 1.54) is 4.90 Å². The van der Waals surface area contributed by atoms with Gasteiger partial charge in [-0.2, -0.15) is 0 Å². The molecule has 0 saturated carbocycles. The minimum Gasteiger partial charge on any atom is -0.480 e. The van der Waals surface area contributed by atoms with Gasteiger partial charge < -0.3 is 37.8 Å². The van der Waals surface area contributed by atoms with Crippen LogP contribution in [0.4, 0.5) is 0 Å². The number of carboxylic acid groups (broad SMARTS) is 1. The van der Waals surface area contributed by atoms with Gasteiger partial charge in [0.15, 0.2) is 0 Å². The molecule has 4 atom stereocenters. The number of hydrogen-bond donors (Lipinski definition) is 6. The molecule has 0 aromatic rings. The van der Waals surface area contributed by atoms with E-state index >= 15 is 0 Å². The molecule has 1 fully saturated rings. The number of rotatable bonds is 15. The number of carbonyl (C=O) groups excluding carboxylic acids is 4. The van der Waals surface area contributed by atoms with Crippen LogP contribution in [-0.4, -0.2) is 76.9 Å². The number of primary amides is 1. The summed E-state index contributed by atoms with van der Waals surface area (Å²) in [5, 5.41) is 14.6. The summed E-state index contributed by atoms with van der Waals surface area (Å²) in [6.45, 7) is 4.51. The summed E-state index contributed by atoms with van der Waals surface area (Å²) >= 11 is 0. The van der Waals surface area contributed by atoms with Gasteiger partial charge in [-0.15, -0.1) is 0 Å². The normalized spacial score (nSPS) is 18.3. The van der Waals surface area contributed by atoms with Gasteiger partial charge in [-0.25, -0.2) is 4.79 Å². The van der Waals surface area contributed by atoms with Crippen molar-refractivity contribution in [3.63, 3.8) is 0 Å². The molecule has 0 bridgehead atoms. The first-order valence-electron chi connectivity index (χ1n) is 11.9. The van der Waals surface area contributed by atoms with E-state index in [4.69, 9.17) is 17.2 Å². The topological polar surface area (TPSA) is 211 Å². The second kappa shape index (κ2) is 14.5. The van der Waals surface area contributed by atoms with Crippen LogP contribution < -0.4 is 27.8 Å². The SMILES string of the molecule is CC(C)C[C@@H](N)C(=O)N[C@@H](CCC(N)=O)C(=O)N1CCC[C@H]1C(=O)N[C@@H](CCCCN)C(=O)O. The number of nitrogens with one attached hydrogen (secondary N) is 2. The molecule has 194 valence electrons. The van der Waals surface area contributed by atoms with Crippen LogP contribution in [0, 0.1) is 5.92 Å². The average Bonchev–Trinajstić information content (AvgIpc) is 3.24. The van der Waals surface area contributed by atoms with E-state index in [-0.39, 0.29) is 31.7 Å². The van der Waals surface area contributed by atoms with Crippen molar-refractivity contribution in [1.82, 2.24) is 15.5 Å². The predicted molar refractivity (Wildman–Crippen MR) is 125 cm³/mol. The summed E-state index contributed by atoms with van der Waals surface area (Å²) in [6.07, 6.45) is 2.54. The second-order valence-corrected chi connectivity index (χ2v) is 9.18. The van der Waals surface area contributed by atoms with Gasteiger partial charge in [0, 0.05) is 13.0 Å². The zero-order valence-corrected chi connectivity index (χ0v) is 20.1. The maximum Gasteiger partial charge on any atom is 0.326 e. The van der Waals surface area contributed by atoms with Crippen LogP contribution >= 0.6 is 0 Å². The number of carbonyl (C=O) groups is 5. The smallest absolute Gasteiger partial charge is 0.326 e. The molecule has 12 nitrogen and oxygen atoms in total. The summed E-state index contributed by atoms with van der Waals surface area (Å²) in [6, 6.07) is -3.87. The standard InChI is InChI=1S/C22H40N6O6/c1-13(2)12-14(24)19(30)26-15(8-9-18(25)29)21(32)28-11-5-7-17(28)20(31)27-16(22(33)34)6-3-4-10-23/h13-17H,3-12,23-24H2,1-2H3,(H2,25,29)(H,26,30)(H,27,31)(H,33,34)/t14-,15+,16+,17+/m1/s1. The van der Waals surface area contributed by atoms with Crippen molar-refractivity contribution in [1.29, 1.82) is 0 Å². The number of likely N-dealkylation sites (tertiary alicyclic amines) is 1. The van der Waals surface area contributed by atoms with Gasteiger partial charge >= 0.3 is 5.97 Å². The molecule has 1 aliphatic heterocycles. The summed E-state index contributed by atoms with van der Waals surface area (Å²) in [4.78, 5) is 62.9. The third-order valence-electron chi connectivity index (χ3n) is 5.76. The molecular formula is C22H40N6O6. The fourth-order valence-electron chi connectivity index (χ4n) is 3.96. The summed E-state index contributed by atoms with van der Waals surface area (Å²) in [5.41, 5.74) is 16.6. The van der Waals surface area contributed by atoms with Crippen molar-refractivity contribution in [2.24, 2.45) is 23.1 Å². The van der Waals surface area contributed by atoms with Crippen LogP contribution in [-0.2, 0) is 24.0 Å². The molecular weight excluding hydrogens is 444 g/mol. The van der Waals surface area contributed by atoms with Crippen molar-refractivity contribution in [2.75, 3.05) is 13.1 Å². The summed E-state index contributed by atoms with van der Waals surface area (Å²) in [7, 11) is 0. The molecule has 0 aromatic heterocycles. The molecule has 12 heteroatoms. The number of unbranched alkanes of at least 4 members (excludes halogenated alkanes) is 1. The predicted octanol–water partition coefficient (Wildman–Crippen LogP) is -1.20. The Bertz CT molecular complexity index is 731. The van der Waals surface area contributed by atoms with E-state index in [1.54, 1.807) is 0 Å². The van der Waals surface area contributed by atoms with Gasteiger partial charge in [0.1, 0.15) is 18.1 Å². The Morgan fingerprint density at radius 2 is 1.74 bits per heavy atom. The lowest BCUT2D eigenvalue weighted by Crippen LogP contribution is -2.57. The van der Waals surface area contributed by atoms with Gasteiger partial charge in [-0.1, -0.05) is 13.8 Å². The number of carboxylic acids is 1. The molecule has 1 rings (SSSR count). The highest BCUT2D eigenvalue weighted by molar-refractivity contribution is 5.94. The monoisotopic (exact) mass is 484 g/mol. The van der Waals surface area contributed by atoms with E-state index < -0.39 is 53.8 Å². The van der Waals surface area contributed by atoms with E-state index in [0.29, 0.717) is 38.6 Å². The quantitative estimate of drug-likeness (QED) is 0.155. The third kappa shape index (κ3) is 9.64. The number of amides is 4. The number of nitrogens with two attached hydrogens (primary N) is 3. The summed E-state index contributed by atoms with van der Waals surface area (Å²) in [5.74, 6) is -3.24. The number of hydrogen-bond acceptors (Lipinski definition) is 7. The van der Waals surface area contributed by atoms with Crippen LogP contribution in [0.1, 0.15) is 65.2 Å². The Kier molecular flexibility index (Phi) is 12.5. The van der Waals surface area contributed by atoms with Gasteiger partial charge in [0.05, 0.1) is 6.04 Å². The van der Waals surface area contributed by atoms with Crippen LogP contribution in [0.2, 0.25) is 0 Å². The van der Waals surface area contributed by atoms with Crippen LogP contribution in [0.3, 0.4) is 0 Å². The Balaban J connectivity index is 2.93. The van der Waals surface area contributed by atoms with Gasteiger partial charge in [0.2, 0.25) is 23.6 Å². The number of aliphatic carboxylic acids is 1. The van der Waals surface area contributed by atoms with Crippen LogP contribution in [0.25, 0.3) is 0 Å². The fourth-order valence-corrected chi connectivity index (χ4v) is 3.96. The molecule has 4 amide bonds. The summed E-state index contributed by atoms with van der Waals surface area (Å²) < 4.78 is 0. The molecule has 1 aliphatic rings. The lowest BCUT2D eigenvalue weighted by atomic mass is 10.0. The first-order valence-corrected chi connectivity index (χ1v) is 11.9. The Hall–Kier alpha value is -2.73. The molecule has 1 heterocycles. The van der Waals surface area contributed by atoms with Crippen LogP contribution in [0.15, 0.2) is 0 Å². The van der Waals surface area contributed by atoms with Crippen molar-refractivity contribution >= 4 is 29.6 Å². The molecule has 0 aliphatic carbocycles. The molecule has 34 heavy (non-hydrogen) atoms. The molecule has 1 saturated heterocycles. The van der Waals surface area contributed by atoms with Gasteiger partial charge in [-0.05, 0) is 57.4 Å². The lowest BCUT2D eigenvalue weighted by molar-refractivity contribution is -0.145. The zero-order chi connectivity index (χ0) is 25.8. The Morgan fingerprint density at radius 3 is 2.29 bits per heavy atom. The van der Waals surface area contributed by atoms with Crippen molar-refractivity contribution < 1.29 is 29.1 Å². The van der Waals surface area contributed by atoms with E-state index in [9.17, 15) is 29.1 Å². The average molecular weight is 485 g/mol. The molecule has 9 N–H and O–H groups in total. The van der Waals surface area contributed by atoms with Crippen molar-refractivity contribution in [2.45, 2.75) is 89.4 Å². The van der Waals surface area contributed by atoms with E-state index in [0.717, 1.165) is 0 Å². The van der Waals surface area contributed by atoms with Gasteiger partial charge in [0.25, 0.3) is 0 Å². The second-order valence-electron chi connectivity index (χ2n) is 9.18. The van der Waals surface area contributed by atoms with Gasteiger partial charge in [-0.3, -0.25) is 19.2 Å². The third-order valence-corrected chi connectivity index (χ3v) is 5.76. The minimum atomic E-state index is -1.16. The lowest BCUT2D eigenvalue weighted by Gasteiger charge is -2.30. The fraction of sp³-hybridized carbons (Fsp3) is 0.773. The highest BCUT2D eigenvalue weighted by atomic mass is 16.4. The number of nitrogens with zero attached hydrogens (tertiary/aromatic N) is 1. The van der Waals surface area contributed by atoms with Crippen molar-refractivity contribution in [3.05, 3.63) is 0 Å². The Morgan fingerprint density at radius 1 is 1.06 bits per heavy atom. The maximum atomic E-state index is 13.3. The molecule has 0 aromatic carbocycles. The van der Waals surface area contributed by atoms with E-state index in [1.807, 2.05) is 13.8 Å². The van der Waals surface area contributed by atoms with Crippen molar-refractivity contribution in [3.8, 4) is 0 Å². The zero-order valence-electron chi connectivity index (χ0n) is 20.1. The largest absolute Gasteiger partial charge is 0.480 e. The van der Waals surface area contributed by atoms with E-state index in [2.05, 4.69) is 10.6 Å².